The third-order valence-corrected chi connectivity index (χ3v) is 4.27. The maximum Gasteiger partial charge on any atom is 0.260 e. The van der Waals surface area contributed by atoms with Crippen molar-refractivity contribution in [3.63, 3.8) is 0 Å². The van der Waals surface area contributed by atoms with E-state index >= 15 is 0 Å². The molecule has 0 aliphatic carbocycles. The van der Waals surface area contributed by atoms with Crippen LogP contribution in [0.25, 0.3) is 11.0 Å². The molecule has 3 aromatic rings. The molecule has 2 aromatic carbocycles. The lowest BCUT2D eigenvalue weighted by molar-refractivity contribution is -0.121. The molecule has 0 spiro atoms. The molecule has 0 aliphatic heterocycles. The number of hydrazone groups is 1. The first-order valence-electron chi connectivity index (χ1n) is 8.78. The van der Waals surface area contributed by atoms with Crippen molar-refractivity contribution in [3.8, 4) is 0 Å². The standard InChI is InChI=1S/C20H23N5O/c1-3-24(4-2)17-11-9-16(10-12-17)13-22-23-20(26)14-25-15-21-18-7-5-6-8-19(18)25/h5-13,15H,3-4,14H2,1-2H3,(H,23,26). The number of nitrogens with zero attached hydrogens (tertiary/aromatic N) is 4. The van der Waals surface area contributed by atoms with E-state index in [0.29, 0.717) is 0 Å². The average molecular weight is 349 g/mol. The normalized spacial score (nSPS) is 11.2. The van der Waals surface area contributed by atoms with Crippen LogP contribution in [0.3, 0.4) is 0 Å². The maximum absolute atomic E-state index is 12.1. The zero-order chi connectivity index (χ0) is 18.4. The quantitative estimate of drug-likeness (QED) is 0.527. The molecule has 0 radical (unpaired) electrons. The molecule has 0 unspecified atom stereocenters. The van der Waals surface area contributed by atoms with Crippen molar-refractivity contribution in [2.75, 3.05) is 18.0 Å². The number of carbonyl (C=O) groups excluding carboxylic acids is 1. The van der Waals surface area contributed by atoms with Gasteiger partial charge in [0.1, 0.15) is 6.54 Å². The summed E-state index contributed by atoms with van der Waals surface area (Å²) < 4.78 is 1.80. The average Bonchev–Trinajstić information content (AvgIpc) is 3.07. The first-order chi connectivity index (χ1) is 12.7. The van der Waals surface area contributed by atoms with Gasteiger partial charge >= 0.3 is 0 Å². The van der Waals surface area contributed by atoms with Crippen molar-refractivity contribution in [1.82, 2.24) is 15.0 Å². The summed E-state index contributed by atoms with van der Waals surface area (Å²) in [4.78, 5) is 18.6. The van der Waals surface area contributed by atoms with Gasteiger partial charge in [-0.25, -0.2) is 10.4 Å². The molecule has 0 fully saturated rings. The Morgan fingerprint density at radius 2 is 1.88 bits per heavy atom. The third-order valence-electron chi connectivity index (χ3n) is 4.27. The molecule has 1 heterocycles. The number of para-hydroxylation sites is 2. The molecule has 0 aliphatic rings. The fourth-order valence-electron chi connectivity index (χ4n) is 2.87. The van der Waals surface area contributed by atoms with E-state index in [4.69, 9.17) is 0 Å². The molecule has 3 rings (SSSR count). The number of aromatic nitrogens is 2. The summed E-state index contributed by atoms with van der Waals surface area (Å²) in [6.07, 6.45) is 3.32. The van der Waals surface area contributed by atoms with E-state index in [1.807, 2.05) is 36.4 Å². The van der Waals surface area contributed by atoms with Gasteiger partial charge in [-0.15, -0.1) is 0 Å². The van der Waals surface area contributed by atoms with Gasteiger partial charge in [-0.3, -0.25) is 4.79 Å². The van der Waals surface area contributed by atoms with Crippen molar-refractivity contribution in [2.24, 2.45) is 5.10 Å². The van der Waals surface area contributed by atoms with Crippen molar-refractivity contribution in [2.45, 2.75) is 20.4 Å². The van der Waals surface area contributed by atoms with Gasteiger partial charge in [-0.2, -0.15) is 5.10 Å². The highest BCUT2D eigenvalue weighted by Crippen LogP contribution is 2.14. The van der Waals surface area contributed by atoms with Crippen LogP contribution < -0.4 is 10.3 Å². The van der Waals surface area contributed by atoms with Gasteiger partial charge in [-0.1, -0.05) is 24.3 Å². The highest BCUT2D eigenvalue weighted by molar-refractivity contribution is 5.84. The van der Waals surface area contributed by atoms with Crippen molar-refractivity contribution in [1.29, 1.82) is 0 Å². The highest BCUT2D eigenvalue weighted by atomic mass is 16.2. The summed E-state index contributed by atoms with van der Waals surface area (Å²) >= 11 is 0. The number of anilines is 1. The van der Waals surface area contributed by atoms with Crippen molar-refractivity contribution in [3.05, 3.63) is 60.4 Å². The second kappa shape index (κ2) is 8.29. The first kappa shape index (κ1) is 17.7. The zero-order valence-electron chi connectivity index (χ0n) is 15.1. The van der Waals surface area contributed by atoms with Gasteiger partial charge in [0, 0.05) is 18.8 Å². The van der Waals surface area contributed by atoms with E-state index in [1.54, 1.807) is 17.1 Å². The van der Waals surface area contributed by atoms with Gasteiger partial charge in [0.05, 0.1) is 23.6 Å². The summed E-state index contributed by atoms with van der Waals surface area (Å²) in [5.41, 5.74) is 6.49. The molecule has 0 saturated heterocycles. The van der Waals surface area contributed by atoms with Crippen LogP contribution in [0.1, 0.15) is 19.4 Å². The third kappa shape index (κ3) is 4.08. The van der Waals surface area contributed by atoms with Crippen LogP contribution in [0.15, 0.2) is 60.0 Å². The zero-order valence-corrected chi connectivity index (χ0v) is 15.1. The lowest BCUT2D eigenvalue weighted by Gasteiger charge is -2.20. The molecule has 0 saturated carbocycles. The Morgan fingerprint density at radius 3 is 2.62 bits per heavy atom. The summed E-state index contributed by atoms with van der Waals surface area (Å²) in [6, 6.07) is 15.8. The van der Waals surface area contributed by atoms with Crippen LogP contribution in [0.5, 0.6) is 0 Å². The Kier molecular flexibility index (Phi) is 5.63. The Balaban J connectivity index is 1.57. The largest absolute Gasteiger partial charge is 0.372 e. The van der Waals surface area contributed by atoms with E-state index < -0.39 is 0 Å². The number of benzene rings is 2. The molecule has 134 valence electrons. The number of amides is 1. The maximum atomic E-state index is 12.1. The van der Waals surface area contributed by atoms with Crippen LogP contribution in [0.2, 0.25) is 0 Å². The molecule has 6 heteroatoms. The van der Waals surface area contributed by atoms with Gasteiger partial charge in [-0.05, 0) is 43.7 Å². The van der Waals surface area contributed by atoms with Gasteiger partial charge in [0.15, 0.2) is 0 Å². The predicted molar refractivity (Wildman–Crippen MR) is 105 cm³/mol. The van der Waals surface area contributed by atoms with Gasteiger partial charge in [0.2, 0.25) is 0 Å². The topological polar surface area (TPSA) is 62.5 Å². The number of nitrogens with one attached hydrogen (secondary N) is 1. The lowest BCUT2D eigenvalue weighted by Crippen LogP contribution is -2.23. The van der Waals surface area contributed by atoms with E-state index in [1.165, 1.54) is 5.69 Å². The summed E-state index contributed by atoms with van der Waals surface area (Å²) in [5, 5.41) is 4.05. The summed E-state index contributed by atoms with van der Waals surface area (Å²) in [7, 11) is 0. The van der Waals surface area contributed by atoms with Crippen LogP contribution in [0.4, 0.5) is 5.69 Å². The number of hydrogen-bond acceptors (Lipinski definition) is 4. The number of fused-ring (bicyclic) bond motifs is 1. The Hall–Kier alpha value is -3.15. The summed E-state index contributed by atoms with van der Waals surface area (Å²) in [5.74, 6) is -0.191. The Bertz CT molecular complexity index is 894. The molecule has 6 nitrogen and oxygen atoms in total. The molecular weight excluding hydrogens is 326 g/mol. The lowest BCUT2D eigenvalue weighted by atomic mass is 10.2. The minimum atomic E-state index is -0.191. The van der Waals surface area contributed by atoms with Gasteiger partial charge in [0.25, 0.3) is 5.91 Å². The number of imidazole rings is 1. The highest BCUT2D eigenvalue weighted by Gasteiger charge is 2.06. The molecular formula is C20H23N5O. The first-order valence-corrected chi connectivity index (χ1v) is 8.78. The number of carbonyl (C=O) groups is 1. The second-order valence-electron chi connectivity index (χ2n) is 5.92. The smallest absolute Gasteiger partial charge is 0.260 e. The van der Waals surface area contributed by atoms with Gasteiger partial charge < -0.3 is 9.47 Å². The van der Waals surface area contributed by atoms with Crippen molar-refractivity contribution < 1.29 is 4.79 Å². The van der Waals surface area contributed by atoms with Crippen LogP contribution in [-0.4, -0.2) is 34.8 Å². The monoisotopic (exact) mass is 349 g/mol. The van der Waals surface area contributed by atoms with E-state index in [0.717, 1.165) is 29.7 Å². The SMILES string of the molecule is CCN(CC)c1ccc(C=NNC(=O)Cn2cnc3ccccc32)cc1. The number of rotatable bonds is 7. The van der Waals surface area contributed by atoms with Crippen LogP contribution in [-0.2, 0) is 11.3 Å². The van der Waals surface area contributed by atoms with Crippen LogP contribution >= 0.6 is 0 Å². The molecule has 26 heavy (non-hydrogen) atoms. The fourth-order valence-corrected chi connectivity index (χ4v) is 2.87. The minimum absolute atomic E-state index is 0.179. The van der Waals surface area contributed by atoms with E-state index in [2.05, 4.69) is 46.4 Å². The molecule has 0 atom stereocenters. The molecule has 1 amide bonds. The predicted octanol–water partition coefficient (Wildman–Crippen LogP) is 3.03. The number of hydrogen-bond donors (Lipinski definition) is 1. The minimum Gasteiger partial charge on any atom is -0.372 e. The van der Waals surface area contributed by atoms with Crippen molar-refractivity contribution >= 4 is 28.8 Å². The fraction of sp³-hybridized carbons (Fsp3) is 0.250. The van der Waals surface area contributed by atoms with E-state index in [-0.39, 0.29) is 12.5 Å². The summed E-state index contributed by atoms with van der Waals surface area (Å²) in [6.45, 7) is 6.40. The van der Waals surface area contributed by atoms with Crippen LogP contribution in [0, 0.1) is 0 Å². The molecule has 1 N–H and O–H groups in total. The Labute approximate surface area is 153 Å². The second-order valence-corrected chi connectivity index (χ2v) is 5.92. The molecule has 0 bridgehead atoms. The Morgan fingerprint density at radius 1 is 1.15 bits per heavy atom. The van der Waals surface area contributed by atoms with E-state index in [9.17, 15) is 4.79 Å². The molecule has 1 aromatic heterocycles.